The average molecular weight is 224 g/mol. The molecule has 1 unspecified atom stereocenters. The van der Waals surface area contributed by atoms with Crippen LogP contribution in [0.2, 0.25) is 0 Å². The largest absolute Gasteiger partial charge is 0.317 e. The van der Waals surface area contributed by atoms with Crippen molar-refractivity contribution < 1.29 is 9.59 Å². The molecule has 1 atom stereocenters. The fourth-order valence-electron chi connectivity index (χ4n) is 2.57. The average Bonchev–Trinajstić information content (AvgIpc) is 2.53. The van der Waals surface area contributed by atoms with E-state index in [1.54, 1.807) is 0 Å². The molecule has 4 nitrogen and oxygen atoms in total. The predicted octanol–water partition coefficient (Wildman–Crippen LogP) is 0.771. The first-order valence-electron chi connectivity index (χ1n) is 6.23. The monoisotopic (exact) mass is 224 g/mol. The molecule has 0 aromatic heterocycles. The second kappa shape index (κ2) is 4.95. The minimum atomic E-state index is -0.0967. The molecular formula is C12H20N2O2. The summed E-state index contributed by atoms with van der Waals surface area (Å²) in [6.07, 6.45) is 3.73. The van der Waals surface area contributed by atoms with Gasteiger partial charge in [-0.1, -0.05) is 6.92 Å². The highest BCUT2D eigenvalue weighted by atomic mass is 16.2. The molecule has 2 rings (SSSR count). The Balaban J connectivity index is 1.80. The van der Waals surface area contributed by atoms with Gasteiger partial charge < -0.3 is 5.32 Å². The normalized spacial score (nSPS) is 27.8. The Morgan fingerprint density at radius 2 is 2.00 bits per heavy atom. The second-order valence-electron chi connectivity index (χ2n) is 4.97. The van der Waals surface area contributed by atoms with E-state index < -0.39 is 0 Å². The fraction of sp³-hybridized carbons (Fsp3) is 0.833. The molecule has 0 aliphatic carbocycles. The molecule has 4 heteroatoms. The van der Waals surface area contributed by atoms with Crippen LogP contribution in [0.15, 0.2) is 0 Å². The van der Waals surface area contributed by atoms with Gasteiger partial charge in [-0.05, 0) is 38.3 Å². The van der Waals surface area contributed by atoms with E-state index in [1.165, 1.54) is 17.7 Å². The Morgan fingerprint density at radius 1 is 1.31 bits per heavy atom. The van der Waals surface area contributed by atoms with Crippen LogP contribution in [0.3, 0.4) is 0 Å². The molecule has 0 radical (unpaired) electrons. The molecule has 2 aliphatic rings. The van der Waals surface area contributed by atoms with Crippen LogP contribution in [-0.4, -0.2) is 36.3 Å². The standard InChI is InChI=1S/C12H20N2O2/c1-9-8-11(15)14(12(9)16)7-4-10-2-5-13-6-3-10/h9-10,13H,2-8H2,1H3. The predicted molar refractivity (Wildman–Crippen MR) is 60.7 cm³/mol. The molecule has 90 valence electrons. The number of hydrogen-bond donors (Lipinski definition) is 1. The van der Waals surface area contributed by atoms with Crippen LogP contribution in [0.4, 0.5) is 0 Å². The lowest BCUT2D eigenvalue weighted by Gasteiger charge is -2.24. The van der Waals surface area contributed by atoms with E-state index >= 15 is 0 Å². The van der Waals surface area contributed by atoms with Crippen LogP contribution in [-0.2, 0) is 9.59 Å². The molecule has 0 aromatic rings. The summed E-state index contributed by atoms with van der Waals surface area (Å²) in [7, 11) is 0. The van der Waals surface area contributed by atoms with Gasteiger partial charge in [0.05, 0.1) is 0 Å². The van der Waals surface area contributed by atoms with Gasteiger partial charge in [-0.3, -0.25) is 14.5 Å². The zero-order chi connectivity index (χ0) is 11.5. The Bertz CT molecular complexity index is 285. The number of likely N-dealkylation sites (tertiary alicyclic amines) is 1. The van der Waals surface area contributed by atoms with Crippen LogP contribution < -0.4 is 5.32 Å². The molecule has 0 saturated carbocycles. The zero-order valence-electron chi connectivity index (χ0n) is 9.87. The van der Waals surface area contributed by atoms with Gasteiger partial charge in [0.15, 0.2) is 0 Å². The minimum absolute atomic E-state index is 0.0198. The van der Waals surface area contributed by atoms with Crippen molar-refractivity contribution in [3.63, 3.8) is 0 Å². The number of nitrogens with one attached hydrogen (secondary N) is 1. The summed E-state index contributed by atoms with van der Waals surface area (Å²) in [5.41, 5.74) is 0. The molecule has 2 aliphatic heterocycles. The minimum Gasteiger partial charge on any atom is -0.317 e. The first-order valence-corrected chi connectivity index (χ1v) is 6.23. The van der Waals surface area contributed by atoms with Gasteiger partial charge in [-0.15, -0.1) is 0 Å². The number of rotatable bonds is 3. The number of amides is 2. The van der Waals surface area contributed by atoms with E-state index in [2.05, 4.69) is 5.32 Å². The molecule has 16 heavy (non-hydrogen) atoms. The lowest BCUT2D eigenvalue weighted by molar-refractivity contribution is -0.139. The van der Waals surface area contributed by atoms with Gasteiger partial charge in [0.2, 0.25) is 11.8 Å². The summed E-state index contributed by atoms with van der Waals surface area (Å²) >= 11 is 0. The summed E-state index contributed by atoms with van der Waals surface area (Å²) < 4.78 is 0. The second-order valence-corrected chi connectivity index (χ2v) is 4.97. The molecule has 2 fully saturated rings. The van der Waals surface area contributed by atoms with Crippen LogP contribution in [0.1, 0.15) is 32.6 Å². The summed E-state index contributed by atoms with van der Waals surface area (Å²) in [6.45, 7) is 4.61. The number of piperidine rings is 1. The Morgan fingerprint density at radius 3 is 2.56 bits per heavy atom. The topological polar surface area (TPSA) is 49.4 Å². The number of hydrogen-bond acceptors (Lipinski definition) is 3. The van der Waals surface area contributed by atoms with Crippen molar-refractivity contribution in [2.75, 3.05) is 19.6 Å². The summed E-state index contributed by atoms with van der Waals surface area (Å²) in [5.74, 6) is 0.628. The first-order chi connectivity index (χ1) is 7.68. The van der Waals surface area contributed by atoms with Crippen molar-refractivity contribution in [1.82, 2.24) is 10.2 Å². The molecular weight excluding hydrogens is 204 g/mol. The lowest BCUT2D eigenvalue weighted by Crippen LogP contribution is -2.34. The SMILES string of the molecule is CC1CC(=O)N(CCC2CCNCC2)C1=O. The fourth-order valence-corrected chi connectivity index (χ4v) is 2.57. The summed E-state index contributed by atoms with van der Waals surface area (Å²) in [6, 6.07) is 0. The molecule has 2 saturated heterocycles. The van der Waals surface area contributed by atoms with Crippen LogP contribution >= 0.6 is 0 Å². The highest BCUT2D eigenvalue weighted by Crippen LogP contribution is 2.22. The van der Waals surface area contributed by atoms with E-state index in [1.807, 2.05) is 6.92 Å². The van der Waals surface area contributed by atoms with E-state index in [-0.39, 0.29) is 17.7 Å². The van der Waals surface area contributed by atoms with Crippen molar-refractivity contribution >= 4 is 11.8 Å². The van der Waals surface area contributed by atoms with Crippen LogP contribution in [0.25, 0.3) is 0 Å². The summed E-state index contributed by atoms with van der Waals surface area (Å²) in [5, 5.41) is 3.32. The Kier molecular flexibility index (Phi) is 3.59. The molecule has 0 bridgehead atoms. The first kappa shape index (κ1) is 11.6. The third-order valence-electron chi connectivity index (χ3n) is 3.69. The maximum absolute atomic E-state index is 11.7. The Labute approximate surface area is 96.4 Å². The van der Waals surface area contributed by atoms with E-state index in [4.69, 9.17) is 0 Å². The number of carbonyl (C=O) groups is 2. The number of imide groups is 1. The third-order valence-corrected chi connectivity index (χ3v) is 3.69. The van der Waals surface area contributed by atoms with Crippen molar-refractivity contribution in [3.05, 3.63) is 0 Å². The Hall–Kier alpha value is -0.900. The van der Waals surface area contributed by atoms with Crippen molar-refractivity contribution in [2.24, 2.45) is 11.8 Å². The third kappa shape index (κ3) is 2.43. The van der Waals surface area contributed by atoms with E-state index in [0.717, 1.165) is 19.5 Å². The van der Waals surface area contributed by atoms with Gasteiger partial charge >= 0.3 is 0 Å². The quantitative estimate of drug-likeness (QED) is 0.720. The molecule has 2 heterocycles. The maximum atomic E-state index is 11.7. The van der Waals surface area contributed by atoms with Crippen LogP contribution in [0.5, 0.6) is 0 Å². The molecule has 0 aromatic carbocycles. The van der Waals surface area contributed by atoms with Gasteiger partial charge in [0.1, 0.15) is 0 Å². The van der Waals surface area contributed by atoms with Crippen molar-refractivity contribution in [2.45, 2.75) is 32.6 Å². The molecule has 0 spiro atoms. The van der Waals surface area contributed by atoms with E-state index in [0.29, 0.717) is 18.9 Å². The van der Waals surface area contributed by atoms with Crippen molar-refractivity contribution in [3.8, 4) is 0 Å². The molecule has 2 amide bonds. The zero-order valence-corrected chi connectivity index (χ0v) is 9.87. The highest BCUT2D eigenvalue weighted by molar-refractivity contribution is 6.03. The lowest BCUT2D eigenvalue weighted by atomic mass is 9.94. The summed E-state index contributed by atoms with van der Waals surface area (Å²) in [4.78, 5) is 24.7. The van der Waals surface area contributed by atoms with Gasteiger partial charge in [0.25, 0.3) is 0 Å². The highest BCUT2D eigenvalue weighted by Gasteiger charge is 2.35. The van der Waals surface area contributed by atoms with Gasteiger partial charge in [0, 0.05) is 18.9 Å². The van der Waals surface area contributed by atoms with Gasteiger partial charge in [-0.25, -0.2) is 0 Å². The smallest absolute Gasteiger partial charge is 0.232 e. The van der Waals surface area contributed by atoms with E-state index in [9.17, 15) is 9.59 Å². The van der Waals surface area contributed by atoms with Crippen molar-refractivity contribution in [1.29, 1.82) is 0 Å². The number of carbonyl (C=O) groups excluding carboxylic acids is 2. The number of nitrogens with zero attached hydrogens (tertiary/aromatic N) is 1. The van der Waals surface area contributed by atoms with Crippen LogP contribution in [0, 0.1) is 11.8 Å². The van der Waals surface area contributed by atoms with Gasteiger partial charge in [-0.2, -0.15) is 0 Å². The maximum Gasteiger partial charge on any atom is 0.232 e. The molecule has 1 N–H and O–H groups in total.